The van der Waals surface area contributed by atoms with Crippen LogP contribution in [0.4, 0.5) is 17.1 Å². The second kappa shape index (κ2) is 5.06. The van der Waals surface area contributed by atoms with Gasteiger partial charge in [-0.2, -0.15) is 5.26 Å². The fraction of sp³-hybridized carbons (Fsp3) is 0.316. The molecule has 1 aliphatic rings. The number of para-hydroxylation sites is 1. The normalized spacial score (nSPS) is 16.6. The summed E-state index contributed by atoms with van der Waals surface area (Å²) in [5, 5.41) is 9.41. The minimum Gasteiger partial charge on any atom is -0.351 e. The minimum absolute atomic E-state index is 0.185. The summed E-state index contributed by atoms with van der Waals surface area (Å²) in [4.78, 5) is 4.52. The molecule has 0 aliphatic carbocycles. The van der Waals surface area contributed by atoms with Crippen molar-refractivity contribution in [3.8, 4) is 6.07 Å². The Bertz CT molecular complexity index is 786. The van der Waals surface area contributed by atoms with E-state index in [9.17, 15) is 5.26 Å². The van der Waals surface area contributed by atoms with Crippen molar-refractivity contribution in [3.63, 3.8) is 0 Å². The van der Waals surface area contributed by atoms with Crippen molar-refractivity contribution in [2.24, 2.45) is 0 Å². The molecule has 2 aromatic rings. The fourth-order valence-electron chi connectivity index (χ4n) is 3.35. The first-order chi connectivity index (χ1) is 10.5. The molecule has 0 spiro atoms. The number of nitrogens with zero attached hydrogens (tertiary/aromatic N) is 3. The molecule has 0 bridgehead atoms. The second-order valence-corrected chi connectivity index (χ2v) is 6.12. The van der Waals surface area contributed by atoms with Gasteiger partial charge in [0, 0.05) is 12.7 Å². The molecule has 1 heterocycles. The fourth-order valence-corrected chi connectivity index (χ4v) is 3.35. The maximum Gasteiger partial charge on any atom is 0.103 e. The van der Waals surface area contributed by atoms with Gasteiger partial charge >= 0.3 is 0 Å². The van der Waals surface area contributed by atoms with Crippen LogP contribution < -0.4 is 9.80 Å². The number of nitriles is 1. The van der Waals surface area contributed by atoms with Crippen molar-refractivity contribution in [1.82, 2.24) is 0 Å². The predicted molar refractivity (Wildman–Crippen MR) is 91.8 cm³/mol. The Labute approximate surface area is 132 Å². The monoisotopic (exact) mass is 291 g/mol. The second-order valence-electron chi connectivity index (χ2n) is 6.12. The summed E-state index contributed by atoms with van der Waals surface area (Å²) >= 11 is 0. The molecule has 3 nitrogen and oxygen atoms in total. The molecule has 0 saturated carbocycles. The van der Waals surface area contributed by atoms with E-state index in [1.807, 2.05) is 12.1 Å². The molecule has 112 valence electrons. The third kappa shape index (κ3) is 1.95. The molecule has 1 atom stereocenters. The molecule has 0 amide bonds. The van der Waals surface area contributed by atoms with Crippen LogP contribution in [0.5, 0.6) is 0 Å². The SMILES string of the molecule is Cc1cc(C)c(C)c(N2c3cccc(C#N)c3N(C)[C@@H]2C)c1. The van der Waals surface area contributed by atoms with Crippen molar-refractivity contribution < 1.29 is 0 Å². The van der Waals surface area contributed by atoms with Gasteiger partial charge < -0.3 is 9.80 Å². The molecular weight excluding hydrogens is 270 g/mol. The maximum atomic E-state index is 9.41. The van der Waals surface area contributed by atoms with Gasteiger partial charge in [0.1, 0.15) is 12.2 Å². The Morgan fingerprint density at radius 3 is 2.50 bits per heavy atom. The third-order valence-electron chi connectivity index (χ3n) is 4.73. The van der Waals surface area contributed by atoms with Gasteiger partial charge in [-0.25, -0.2) is 0 Å². The summed E-state index contributed by atoms with van der Waals surface area (Å²) < 4.78 is 0. The standard InChI is InChI=1S/C19H21N3/c1-12-9-13(2)14(3)18(10-12)22-15(4)21(5)19-16(11-20)7-6-8-17(19)22/h6-10,15H,1-5H3/t15-/m0/s1. The molecule has 0 unspecified atom stereocenters. The molecule has 1 aliphatic heterocycles. The highest BCUT2D eigenvalue weighted by atomic mass is 15.4. The first kappa shape index (κ1) is 14.5. The number of hydrogen-bond acceptors (Lipinski definition) is 3. The van der Waals surface area contributed by atoms with E-state index in [0.717, 1.165) is 16.9 Å². The van der Waals surface area contributed by atoms with Gasteiger partial charge in [0.2, 0.25) is 0 Å². The van der Waals surface area contributed by atoms with E-state index in [2.05, 4.69) is 68.8 Å². The summed E-state index contributed by atoms with van der Waals surface area (Å²) in [5.41, 5.74) is 7.95. The Balaban J connectivity index is 2.26. The first-order valence-electron chi connectivity index (χ1n) is 7.58. The van der Waals surface area contributed by atoms with Crippen molar-refractivity contribution in [2.75, 3.05) is 16.8 Å². The van der Waals surface area contributed by atoms with Crippen LogP contribution in [0.25, 0.3) is 0 Å². The number of aryl methyl sites for hydroxylation is 2. The van der Waals surface area contributed by atoms with Crippen LogP contribution >= 0.6 is 0 Å². The Morgan fingerprint density at radius 1 is 1.09 bits per heavy atom. The average Bonchev–Trinajstić information content (AvgIpc) is 2.75. The number of rotatable bonds is 1. The zero-order valence-electron chi connectivity index (χ0n) is 13.8. The lowest BCUT2D eigenvalue weighted by atomic mass is 10.0. The molecule has 0 aromatic heterocycles. The van der Waals surface area contributed by atoms with E-state index < -0.39 is 0 Å². The van der Waals surface area contributed by atoms with Crippen LogP contribution in [0.1, 0.15) is 29.2 Å². The molecule has 0 N–H and O–H groups in total. The van der Waals surface area contributed by atoms with Crippen molar-refractivity contribution in [3.05, 3.63) is 52.6 Å². The molecule has 0 radical (unpaired) electrons. The lowest BCUT2D eigenvalue weighted by molar-refractivity contribution is 0.731. The van der Waals surface area contributed by atoms with Crippen molar-refractivity contribution in [1.29, 1.82) is 5.26 Å². The van der Waals surface area contributed by atoms with E-state index in [0.29, 0.717) is 0 Å². The summed E-state index contributed by atoms with van der Waals surface area (Å²) in [5.74, 6) is 0. The van der Waals surface area contributed by atoms with Crippen LogP contribution in [-0.2, 0) is 0 Å². The van der Waals surface area contributed by atoms with Gasteiger partial charge in [-0.15, -0.1) is 0 Å². The predicted octanol–water partition coefficient (Wildman–Crippen LogP) is 4.42. The van der Waals surface area contributed by atoms with E-state index in [1.54, 1.807) is 0 Å². The van der Waals surface area contributed by atoms with Gasteiger partial charge in [-0.05, 0) is 62.6 Å². The number of hydrogen-bond donors (Lipinski definition) is 0. The van der Waals surface area contributed by atoms with E-state index >= 15 is 0 Å². The van der Waals surface area contributed by atoms with Crippen molar-refractivity contribution in [2.45, 2.75) is 33.9 Å². The van der Waals surface area contributed by atoms with Crippen LogP contribution in [-0.4, -0.2) is 13.2 Å². The quantitative estimate of drug-likeness (QED) is 0.779. The van der Waals surface area contributed by atoms with Gasteiger partial charge in [0.25, 0.3) is 0 Å². The van der Waals surface area contributed by atoms with E-state index in [4.69, 9.17) is 0 Å². The van der Waals surface area contributed by atoms with Gasteiger partial charge in [-0.3, -0.25) is 0 Å². The van der Waals surface area contributed by atoms with Gasteiger partial charge in [-0.1, -0.05) is 12.1 Å². The smallest absolute Gasteiger partial charge is 0.103 e. The molecule has 0 saturated heterocycles. The number of benzene rings is 2. The lowest BCUT2D eigenvalue weighted by Gasteiger charge is -2.30. The lowest BCUT2D eigenvalue weighted by Crippen LogP contribution is -2.36. The molecule has 3 heteroatoms. The molecular formula is C19H21N3. The molecule has 2 aromatic carbocycles. The average molecular weight is 291 g/mol. The Morgan fingerprint density at radius 2 is 1.82 bits per heavy atom. The summed E-state index contributed by atoms with van der Waals surface area (Å²) in [6.07, 6.45) is 0.185. The Hall–Kier alpha value is -2.47. The number of fused-ring (bicyclic) bond motifs is 1. The Kier molecular flexibility index (Phi) is 3.33. The maximum absolute atomic E-state index is 9.41. The van der Waals surface area contributed by atoms with Crippen molar-refractivity contribution >= 4 is 17.1 Å². The molecule has 22 heavy (non-hydrogen) atoms. The third-order valence-corrected chi connectivity index (χ3v) is 4.73. The highest BCUT2D eigenvalue weighted by Gasteiger charge is 2.34. The van der Waals surface area contributed by atoms with Crippen LogP contribution in [0.15, 0.2) is 30.3 Å². The zero-order valence-corrected chi connectivity index (χ0v) is 13.8. The number of anilines is 3. The van der Waals surface area contributed by atoms with Crippen LogP contribution in [0.3, 0.4) is 0 Å². The highest BCUT2D eigenvalue weighted by Crippen LogP contribution is 2.46. The van der Waals surface area contributed by atoms with Gasteiger partial charge in [0.05, 0.1) is 16.9 Å². The summed E-state index contributed by atoms with van der Waals surface area (Å²) in [7, 11) is 2.06. The summed E-state index contributed by atoms with van der Waals surface area (Å²) in [6.45, 7) is 8.64. The zero-order chi connectivity index (χ0) is 16.0. The molecule has 3 rings (SSSR count). The van der Waals surface area contributed by atoms with E-state index in [-0.39, 0.29) is 6.17 Å². The van der Waals surface area contributed by atoms with E-state index in [1.165, 1.54) is 22.4 Å². The van der Waals surface area contributed by atoms with Gasteiger partial charge in [0.15, 0.2) is 0 Å². The molecule has 0 fully saturated rings. The van der Waals surface area contributed by atoms with Crippen LogP contribution in [0.2, 0.25) is 0 Å². The highest BCUT2D eigenvalue weighted by molar-refractivity contribution is 5.88. The first-order valence-corrected chi connectivity index (χ1v) is 7.58. The topological polar surface area (TPSA) is 30.3 Å². The minimum atomic E-state index is 0.185. The largest absolute Gasteiger partial charge is 0.351 e. The summed E-state index contributed by atoms with van der Waals surface area (Å²) in [6, 6.07) is 12.7. The van der Waals surface area contributed by atoms with Crippen LogP contribution in [0, 0.1) is 32.1 Å².